The summed E-state index contributed by atoms with van der Waals surface area (Å²) in [6, 6.07) is 57.0. The van der Waals surface area contributed by atoms with Gasteiger partial charge in [-0.05, 0) is 52.8 Å². The molecular formula is C58H64N4O6. The normalized spacial score (nSPS) is 16.4. The third kappa shape index (κ3) is 13.9. The summed E-state index contributed by atoms with van der Waals surface area (Å²) >= 11 is 0. The first-order valence-corrected chi connectivity index (χ1v) is 23.7. The third-order valence-electron chi connectivity index (χ3n) is 12.3. The second kappa shape index (κ2) is 26.3. The van der Waals surface area contributed by atoms with E-state index in [1.54, 1.807) is 9.80 Å². The molecule has 0 aliphatic carbocycles. The highest BCUT2D eigenvalue weighted by molar-refractivity contribution is 5.92. The van der Waals surface area contributed by atoms with Gasteiger partial charge in [-0.1, -0.05) is 208 Å². The number of hydrogen-bond acceptors (Lipinski definition) is 6. The molecule has 2 fully saturated rings. The lowest BCUT2D eigenvalue weighted by Gasteiger charge is -2.41. The van der Waals surface area contributed by atoms with Gasteiger partial charge in [-0.15, -0.1) is 0 Å². The number of aliphatic carboxylic acids is 2. The summed E-state index contributed by atoms with van der Waals surface area (Å²) in [5.74, 6) is -3.28. The number of carboxylic acid groups (broad SMARTS) is 2. The molecule has 2 N–H and O–H groups in total. The van der Waals surface area contributed by atoms with Gasteiger partial charge in [0.05, 0.1) is 11.8 Å². The Balaban J connectivity index is 0.000000216. The van der Waals surface area contributed by atoms with Crippen LogP contribution in [0.5, 0.6) is 0 Å². The van der Waals surface area contributed by atoms with E-state index < -0.39 is 35.9 Å². The molecule has 0 spiro atoms. The summed E-state index contributed by atoms with van der Waals surface area (Å²) in [5.41, 5.74) is 5.88. The Morgan fingerprint density at radius 1 is 0.500 bits per heavy atom. The van der Waals surface area contributed by atoms with Crippen molar-refractivity contribution in [1.82, 2.24) is 19.6 Å². The maximum Gasteiger partial charge on any atom is 0.327 e. The molecule has 2 aliphatic heterocycles. The highest BCUT2D eigenvalue weighted by Gasteiger charge is 2.40. The number of nitrogens with zero attached hydrogens (tertiary/aromatic N) is 4. The Labute approximate surface area is 401 Å². The zero-order chi connectivity index (χ0) is 48.1. The Morgan fingerprint density at radius 3 is 1.25 bits per heavy atom. The number of carboxylic acids is 2. The largest absolute Gasteiger partial charge is 0.480 e. The monoisotopic (exact) mass is 912 g/mol. The molecule has 6 aromatic carbocycles. The average Bonchev–Trinajstić information content (AvgIpc) is 3.39. The number of piperazine rings is 2. The molecule has 68 heavy (non-hydrogen) atoms. The smallest absolute Gasteiger partial charge is 0.327 e. The number of hydrogen-bond donors (Lipinski definition) is 2. The Hall–Kier alpha value is -7.14. The van der Waals surface area contributed by atoms with E-state index in [2.05, 4.69) is 21.9 Å². The van der Waals surface area contributed by atoms with Gasteiger partial charge in [0.2, 0.25) is 11.8 Å². The van der Waals surface area contributed by atoms with Gasteiger partial charge in [-0.2, -0.15) is 0 Å². The molecule has 0 saturated carbocycles. The summed E-state index contributed by atoms with van der Waals surface area (Å²) in [7, 11) is 0. The van der Waals surface area contributed by atoms with Gasteiger partial charge in [0, 0.05) is 45.8 Å². The molecule has 2 aliphatic rings. The fourth-order valence-corrected chi connectivity index (χ4v) is 8.92. The van der Waals surface area contributed by atoms with Gasteiger partial charge in [-0.25, -0.2) is 9.59 Å². The molecule has 0 aromatic heterocycles. The standard InChI is InChI=1S/C28H30N2O3.C28H28N2O3.C2H6/c2*31-27(26(23-14-6-2-7-15-23)24-16-8-3-9-17-24)30-20-19-29(21-25(30)28(32)33)18-10-13-22-11-4-1-5-12-22;1-2/h1-9,11-12,14-17,25-26H,10,13,18-21H2,(H,32,33);1-17,25-26H,18-21H2,(H,32,33);1-2H3/b;13-10+;/t2*25-;/m00./s1. The summed E-state index contributed by atoms with van der Waals surface area (Å²) in [6.45, 7) is 8.22. The van der Waals surface area contributed by atoms with Crippen molar-refractivity contribution < 1.29 is 29.4 Å². The molecule has 352 valence electrons. The van der Waals surface area contributed by atoms with Crippen LogP contribution >= 0.6 is 0 Å². The van der Waals surface area contributed by atoms with E-state index in [0.717, 1.165) is 47.2 Å². The first-order valence-electron chi connectivity index (χ1n) is 23.7. The van der Waals surface area contributed by atoms with Crippen molar-refractivity contribution in [2.45, 2.75) is 50.6 Å². The number of amides is 2. The molecule has 10 heteroatoms. The summed E-state index contributed by atoms with van der Waals surface area (Å²) in [5, 5.41) is 19.9. The van der Waals surface area contributed by atoms with Gasteiger partial charge in [0.1, 0.15) is 12.1 Å². The van der Waals surface area contributed by atoms with Crippen LogP contribution < -0.4 is 0 Å². The van der Waals surface area contributed by atoms with Crippen LogP contribution in [-0.4, -0.2) is 118 Å². The molecule has 2 heterocycles. The highest BCUT2D eigenvalue weighted by atomic mass is 16.4. The van der Waals surface area contributed by atoms with Crippen molar-refractivity contribution in [3.8, 4) is 0 Å². The molecule has 0 bridgehead atoms. The zero-order valence-corrected chi connectivity index (χ0v) is 39.2. The van der Waals surface area contributed by atoms with E-state index in [4.69, 9.17) is 0 Å². The van der Waals surface area contributed by atoms with Crippen LogP contribution in [0.25, 0.3) is 6.08 Å². The Morgan fingerprint density at radius 2 is 0.853 bits per heavy atom. The quantitative estimate of drug-likeness (QED) is 0.105. The topological polar surface area (TPSA) is 122 Å². The Kier molecular flexibility index (Phi) is 19.4. The minimum absolute atomic E-state index is 0.149. The van der Waals surface area contributed by atoms with Crippen LogP contribution in [0.1, 0.15) is 65.5 Å². The van der Waals surface area contributed by atoms with E-state index in [1.165, 1.54) is 5.56 Å². The minimum atomic E-state index is -0.972. The maximum absolute atomic E-state index is 13.8. The first-order chi connectivity index (χ1) is 33.3. The first kappa shape index (κ1) is 50.3. The Bertz CT molecular complexity index is 2400. The average molecular weight is 913 g/mol. The minimum Gasteiger partial charge on any atom is -0.480 e. The summed E-state index contributed by atoms with van der Waals surface area (Å²) in [6.07, 6.45) is 6.00. The number of aryl methyl sites for hydroxylation is 1. The second-order valence-electron chi connectivity index (χ2n) is 16.7. The number of rotatable bonds is 15. The van der Waals surface area contributed by atoms with Crippen molar-refractivity contribution in [3.05, 3.63) is 221 Å². The van der Waals surface area contributed by atoms with Crippen molar-refractivity contribution in [3.63, 3.8) is 0 Å². The molecule has 6 aromatic rings. The molecule has 0 unspecified atom stereocenters. The van der Waals surface area contributed by atoms with E-state index in [-0.39, 0.29) is 11.8 Å². The lowest BCUT2D eigenvalue weighted by molar-refractivity contribution is -0.154. The fourth-order valence-electron chi connectivity index (χ4n) is 8.92. The van der Waals surface area contributed by atoms with Crippen molar-refractivity contribution in [2.24, 2.45) is 0 Å². The predicted molar refractivity (Wildman–Crippen MR) is 270 cm³/mol. The van der Waals surface area contributed by atoms with Gasteiger partial charge in [0.15, 0.2) is 0 Å². The lowest BCUT2D eigenvalue weighted by Crippen LogP contribution is -2.59. The van der Waals surface area contributed by atoms with E-state index in [0.29, 0.717) is 45.8 Å². The molecule has 8 rings (SSSR count). The maximum atomic E-state index is 13.8. The molecule has 0 radical (unpaired) electrons. The summed E-state index contributed by atoms with van der Waals surface area (Å²) in [4.78, 5) is 59.2. The number of carbonyl (C=O) groups excluding carboxylic acids is 2. The van der Waals surface area contributed by atoms with Crippen molar-refractivity contribution in [2.75, 3.05) is 52.4 Å². The molecule has 10 nitrogen and oxygen atoms in total. The van der Waals surface area contributed by atoms with Crippen LogP contribution in [0.4, 0.5) is 0 Å². The molecule has 2 atom stereocenters. The predicted octanol–water partition coefficient (Wildman–Crippen LogP) is 9.20. The van der Waals surface area contributed by atoms with Crippen LogP contribution in [0.2, 0.25) is 0 Å². The fraction of sp³-hybridized carbons (Fsp3) is 0.276. The second-order valence-corrected chi connectivity index (χ2v) is 16.7. The van der Waals surface area contributed by atoms with Gasteiger partial charge in [-0.3, -0.25) is 19.4 Å². The SMILES string of the molecule is CC.O=C(O)[C@@H]1CN(C/C=C/c2ccccc2)CCN1C(=O)C(c1ccccc1)c1ccccc1.O=C(O)[C@@H]1CN(CCCc2ccccc2)CCN1C(=O)C(c1ccccc1)c1ccccc1. The van der Waals surface area contributed by atoms with Crippen molar-refractivity contribution in [1.29, 1.82) is 0 Å². The summed E-state index contributed by atoms with van der Waals surface area (Å²) < 4.78 is 0. The van der Waals surface area contributed by atoms with Crippen LogP contribution in [0.3, 0.4) is 0 Å². The van der Waals surface area contributed by atoms with Crippen molar-refractivity contribution >= 4 is 29.8 Å². The zero-order valence-electron chi connectivity index (χ0n) is 39.2. The van der Waals surface area contributed by atoms with E-state index in [9.17, 15) is 29.4 Å². The molecule has 2 amide bonds. The van der Waals surface area contributed by atoms with Gasteiger partial charge >= 0.3 is 11.9 Å². The van der Waals surface area contributed by atoms with E-state index in [1.807, 2.05) is 196 Å². The van der Waals surface area contributed by atoms with Gasteiger partial charge in [0.25, 0.3) is 0 Å². The van der Waals surface area contributed by atoms with E-state index >= 15 is 0 Å². The lowest BCUT2D eigenvalue weighted by atomic mass is 9.89. The van der Waals surface area contributed by atoms with Crippen LogP contribution in [0.15, 0.2) is 188 Å². The highest BCUT2D eigenvalue weighted by Crippen LogP contribution is 2.30. The van der Waals surface area contributed by atoms with Crippen LogP contribution in [0, 0.1) is 0 Å². The number of carbonyl (C=O) groups is 4. The molecular weight excluding hydrogens is 849 g/mol. The third-order valence-corrected chi connectivity index (χ3v) is 12.3. The van der Waals surface area contributed by atoms with Gasteiger partial charge < -0.3 is 20.0 Å². The molecule has 2 saturated heterocycles. The number of benzene rings is 6. The van der Waals surface area contributed by atoms with Crippen LogP contribution in [-0.2, 0) is 25.6 Å².